The summed E-state index contributed by atoms with van der Waals surface area (Å²) >= 11 is 0. The third-order valence-corrected chi connectivity index (χ3v) is 4.41. The van der Waals surface area contributed by atoms with Crippen LogP contribution in [-0.2, 0) is 16.1 Å². The number of hydrogen-bond acceptors (Lipinski definition) is 5. The number of carbonyl (C=O) groups is 2. The third-order valence-electron chi connectivity index (χ3n) is 4.41. The Hall–Kier alpha value is -2.28. The van der Waals surface area contributed by atoms with Crippen molar-refractivity contribution in [2.45, 2.75) is 38.9 Å². The van der Waals surface area contributed by atoms with E-state index in [-0.39, 0.29) is 30.8 Å². The lowest BCUT2D eigenvalue weighted by molar-refractivity contribution is -0.134. The molecule has 2 rings (SSSR count). The lowest BCUT2D eigenvalue weighted by Crippen LogP contribution is -2.58. The number of rotatable bonds is 7. The van der Waals surface area contributed by atoms with Crippen LogP contribution in [-0.4, -0.2) is 56.1 Å². The highest BCUT2D eigenvalue weighted by Crippen LogP contribution is 2.28. The van der Waals surface area contributed by atoms with Gasteiger partial charge in [0.05, 0.1) is 38.8 Å². The van der Waals surface area contributed by atoms with E-state index in [1.54, 1.807) is 14.2 Å². The van der Waals surface area contributed by atoms with Gasteiger partial charge in [-0.15, -0.1) is 0 Å². The molecule has 1 aromatic rings. The van der Waals surface area contributed by atoms with Crippen molar-refractivity contribution >= 4 is 11.8 Å². The second-order valence-corrected chi connectivity index (χ2v) is 6.26. The molecule has 25 heavy (non-hydrogen) atoms. The van der Waals surface area contributed by atoms with Crippen LogP contribution in [0.3, 0.4) is 0 Å². The maximum absolute atomic E-state index is 12.4. The van der Waals surface area contributed by atoms with Gasteiger partial charge in [0.25, 0.3) is 0 Å². The van der Waals surface area contributed by atoms with Crippen molar-refractivity contribution in [2.24, 2.45) is 0 Å². The summed E-state index contributed by atoms with van der Waals surface area (Å²) in [6.07, 6.45) is 0.126. The molecule has 7 nitrogen and oxygen atoms in total. The molecule has 1 aromatic carbocycles. The average molecular weight is 349 g/mol. The van der Waals surface area contributed by atoms with Crippen LogP contribution in [0.2, 0.25) is 0 Å². The molecule has 2 amide bonds. The van der Waals surface area contributed by atoms with Gasteiger partial charge in [-0.1, -0.05) is 6.07 Å². The molecule has 0 spiro atoms. The molecule has 1 atom stereocenters. The molecule has 1 aliphatic heterocycles. The van der Waals surface area contributed by atoms with Crippen LogP contribution in [0, 0.1) is 0 Å². The number of carbonyl (C=O) groups excluding carboxylic acids is 2. The molecule has 1 fully saturated rings. The fraction of sp³-hybridized carbons (Fsp3) is 0.556. The van der Waals surface area contributed by atoms with Gasteiger partial charge < -0.3 is 20.1 Å². The van der Waals surface area contributed by atoms with Crippen molar-refractivity contribution < 1.29 is 19.1 Å². The van der Waals surface area contributed by atoms with Crippen molar-refractivity contribution in [1.29, 1.82) is 0 Å². The predicted molar refractivity (Wildman–Crippen MR) is 94.6 cm³/mol. The maximum atomic E-state index is 12.4. The summed E-state index contributed by atoms with van der Waals surface area (Å²) in [6.45, 7) is 5.71. The van der Waals surface area contributed by atoms with Crippen LogP contribution in [0.5, 0.6) is 11.5 Å². The Balaban J connectivity index is 2.02. The molecule has 2 N–H and O–H groups in total. The van der Waals surface area contributed by atoms with Gasteiger partial charge in [0.15, 0.2) is 0 Å². The number of amides is 2. The second kappa shape index (κ2) is 8.71. The van der Waals surface area contributed by atoms with Crippen molar-refractivity contribution in [3.05, 3.63) is 23.8 Å². The number of methoxy groups -OCH3 is 2. The molecular weight excluding hydrogens is 322 g/mol. The van der Waals surface area contributed by atoms with Gasteiger partial charge >= 0.3 is 0 Å². The van der Waals surface area contributed by atoms with Crippen molar-refractivity contribution in [1.82, 2.24) is 15.5 Å². The van der Waals surface area contributed by atoms with Crippen LogP contribution in [0.1, 0.15) is 25.8 Å². The van der Waals surface area contributed by atoms with E-state index in [0.29, 0.717) is 18.0 Å². The minimum Gasteiger partial charge on any atom is -0.496 e. The zero-order valence-corrected chi connectivity index (χ0v) is 15.3. The summed E-state index contributed by atoms with van der Waals surface area (Å²) in [6, 6.07) is 5.24. The predicted octanol–water partition coefficient (Wildman–Crippen LogP) is 0.919. The van der Waals surface area contributed by atoms with E-state index in [2.05, 4.69) is 15.5 Å². The number of ether oxygens (including phenoxy) is 2. The van der Waals surface area contributed by atoms with Crippen LogP contribution >= 0.6 is 0 Å². The smallest absolute Gasteiger partial charge is 0.237 e. The molecule has 0 radical (unpaired) electrons. The Kier molecular flexibility index (Phi) is 6.64. The Morgan fingerprint density at radius 3 is 2.52 bits per heavy atom. The van der Waals surface area contributed by atoms with Gasteiger partial charge in [-0.05, 0) is 26.0 Å². The number of hydrogen-bond donors (Lipinski definition) is 2. The van der Waals surface area contributed by atoms with E-state index in [0.717, 1.165) is 12.1 Å². The van der Waals surface area contributed by atoms with Crippen LogP contribution in [0.4, 0.5) is 0 Å². The van der Waals surface area contributed by atoms with Gasteiger partial charge in [0.2, 0.25) is 11.8 Å². The third kappa shape index (κ3) is 4.63. The van der Waals surface area contributed by atoms with E-state index in [1.165, 1.54) is 0 Å². The van der Waals surface area contributed by atoms with E-state index in [1.807, 2.05) is 32.0 Å². The maximum Gasteiger partial charge on any atom is 0.237 e. The summed E-state index contributed by atoms with van der Waals surface area (Å²) in [4.78, 5) is 26.6. The molecule has 0 aromatic heterocycles. The lowest BCUT2D eigenvalue weighted by Gasteiger charge is -2.37. The van der Waals surface area contributed by atoms with Crippen molar-refractivity contribution in [3.8, 4) is 11.5 Å². The monoisotopic (exact) mass is 349 g/mol. The quantitative estimate of drug-likeness (QED) is 0.765. The van der Waals surface area contributed by atoms with Crippen LogP contribution < -0.4 is 20.1 Å². The van der Waals surface area contributed by atoms with Crippen LogP contribution in [0.15, 0.2) is 18.2 Å². The fourth-order valence-electron chi connectivity index (χ4n) is 3.10. The Morgan fingerprint density at radius 1 is 1.32 bits per heavy atom. The van der Waals surface area contributed by atoms with E-state index >= 15 is 0 Å². The molecule has 7 heteroatoms. The molecule has 138 valence electrons. The van der Waals surface area contributed by atoms with E-state index < -0.39 is 6.04 Å². The van der Waals surface area contributed by atoms with E-state index in [9.17, 15) is 9.59 Å². The summed E-state index contributed by atoms with van der Waals surface area (Å²) in [5.74, 6) is 1.03. The number of nitrogens with one attached hydrogen (secondary N) is 2. The minimum absolute atomic E-state index is 0.0926. The Labute approximate surface area is 148 Å². The molecule has 0 saturated carbocycles. The second-order valence-electron chi connectivity index (χ2n) is 6.26. The first kappa shape index (κ1) is 19.1. The highest BCUT2D eigenvalue weighted by Gasteiger charge is 2.32. The highest BCUT2D eigenvalue weighted by molar-refractivity contribution is 5.88. The summed E-state index contributed by atoms with van der Waals surface area (Å²) < 4.78 is 10.7. The topological polar surface area (TPSA) is 79.9 Å². The number of benzene rings is 1. The van der Waals surface area contributed by atoms with Gasteiger partial charge in [0, 0.05) is 19.1 Å². The number of nitrogens with zero attached hydrogens (tertiary/aromatic N) is 1. The first-order chi connectivity index (χ1) is 12.0. The Bertz CT molecular complexity index is 596. The molecule has 1 saturated heterocycles. The van der Waals surface area contributed by atoms with E-state index in [4.69, 9.17) is 9.47 Å². The summed E-state index contributed by atoms with van der Waals surface area (Å²) in [5.41, 5.74) is 0.773. The first-order valence-corrected chi connectivity index (χ1v) is 8.48. The fourth-order valence-corrected chi connectivity index (χ4v) is 3.10. The normalized spacial score (nSPS) is 18.0. The summed E-state index contributed by atoms with van der Waals surface area (Å²) in [7, 11) is 3.15. The van der Waals surface area contributed by atoms with Crippen molar-refractivity contribution in [2.75, 3.05) is 27.3 Å². The highest BCUT2D eigenvalue weighted by atomic mass is 16.5. The zero-order valence-electron chi connectivity index (χ0n) is 15.3. The molecular formula is C18H27N3O4. The zero-order chi connectivity index (χ0) is 18.4. The van der Waals surface area contributed by atoms with Crippen molar-refractivity contribution in [3.63, 3.8) is 0 Å². The average Bonchev–Trinajstić information content (AvgIpc) is 2.60. The van der Waals surface area contributed by atoms with Gasteiger partial charge in [-0.3, -0.25) is 14.5 Å². The molecule has 0 aliphatic carbocycles. The minimum atomic E-state index is -0.437. The van der Waals surface area contributed by atoms with Crippen LogP contribution in [0.25, 0.3) is 0 Å². The largest absolute Gasteiger partial charge is 0.496 e. The lowest BCUT2D eigenvalue weighted by atomic mass is 10.1. The van der Waals surface area contributed by atoms with Gasteiger partial charge in [-0.25, -0.2) is 0 Å². The number of piperazine rings is 1. The van der Waals surface area contributed by atoms with Gasteiger partial charge in [-0.2, -0.15) is 0 Å². The summed E-state index contributed by atoms with van der Waals surface area (Å²) in [5, 5.41) is 5.70. The standard InChI is InChI=1S/C18H27N3O4/c1-12(2)21-9-8-19-18(23)14(21)10-17(22)20-11-13-15(24-3)6-5-7-16(13)25-4/h5-7,12,14H,8-11H2,1-4H3,(H,19,23)(H,20,22)/t14-/m0/s1. The molecule has 0 unspecified atom stereocenters. The molecule has 1 aliphatic rings. The molecule has 1 heterocycles. The Morgan fingerprint density at radius 2 is 1.96 bits per heavy atom. The molecule has 0 bridgehead atoms. The first-order valence-electron chi connectivity index (χ1n) is 8.48. The SMILES string of the molecule is COc1cccc(OC)c1CNC(=O)C[C@H]1C(=O)NCCN1C(C)C. The van der Waals surface area contributed by atoms with Gasteiger partial charge in [0.1, 0.15) is 11.5 Å².